The Balaban J connectivity index is 1.89. The Morgan fingerprint density at radius 1 is 0.818 bits per heavy atom. The Labute approximate surface area is 124 Å². The molecule has 3 aromatic carbocycles. The number of carbonyl (C=O) groups excluding carboxylic acids is 1. The summed E-state index contributed by atoms with van der Waals surface area (Å²) in [6.07, 6.45) is 0. The smallest absolute Gasteiger partial charge is 0.307 e. The third-order valence-electron chi connectivity index (χ3n) is 3.15. The topological polar surface area (TPSA) is 87.6 Å². The highest BCUT2D eigenvalue weighted by atomic mass is 16.2. The molecule has 0 radical (unpaired) electrons. The second-order valence-electron chi connectivity index (χ2n) is 4.60. The highest BCUT2D eigenvalue weighted by Crippen LogP contribution is 2.04. The molecule has 0 fully saturated rings. The van der Waals surface area contributed by atoms with E-state index in [2.05, 4.69) is 15.8 Å². The molecule has 0 heterocycles. The van der Waals surface area contributed by atoms with Gasteiger partial charge < -0.3 is 5.32 Å². The molecular weight excluding hydrogens is 282 g/mol. The largest absolute Gasteiger partial charge is 0.339 e. The van der Waals surface area contributed by atoms with E-state index in [0.29, 0.717) is 16.5 Å². The van der Waals surface area contributed by atoms with Gasteiger partial charge in [0.05, 0.1) is 0 Å². The van der Waals surface area contributed by atoms with Crippen LogP contribution in [0.4, 0.5) is 10.5 Å². The molecule has 0 aliphatic rings. The highest BCUT2D eigenvalue weighted by Gasteiger charge is 2.10. The third-order valence-corrected chi connectivity index (χ3v) is 3.15. The zero-order chi connectivity index (χ0) is 15.5. The van der Waals surface area contributed by atoms with Gasteiger partial charge in [-0.3, -0.25) is 9.59 Å². The van der Waals surface area contributed by atoms with Crippen molar-refractivity contribution in [2.75, 3.05) is 5.32 Å². The molecular formula is C16H11N3O3. The molecule has 0 unspecified atom stereocenters. The van der Waals surface area contributed by atoms with Gasteiger partial charge in [-0.2, -0.15) is 5.10 Å². The number of anilines is 1. The van der Waals surface area contributed by atoms with E-state index in [9.17, 15) is 14.4 Å². The lowest BCUT2D eigenvalue weighted by Crippen LogP contribution is -2.36. The molecule has 6 heteroatoms. The fourth-order valence-electron chi connectivity index (χ4n) is 2.13. The minimum atomic E-state index is -0.629. The standard InChI is InChI=1S/C16H11N3O3/c20-14-11-8-4-5-9-12(11)15(21)13(14)18-19-16(22)17-10-6-2-1-3-7-10/h1-9H,(H2,17,19,22). The van der Waals surface area contributed by atoms with Crippen LogP contribution in [0.3, 0.4) is 0 Å². The fraction of sp³-hybridized carbons (Fsp3) is 0. The number of carbonyl (C=O) groups is 1. The lowest BCUT2D eigenvalue weighted by molar-refractivity contribution is 0.252. The van der Waals surface area contributed by atoms with Crippen molar-refractivity contribution in [2.24, 2.45) is 5.10 Å². The predicted octanol–water partition coefficient (Wildman–Crippen LogP) is 1.07. The second kappa shape index (κ2) is 5.61. The molecule has 0 saturated carbocycles. The van der Waals surface area contributed by atoms with E-state index < -0.39 is 16.9 Å². The van der Waals surface area contributed by atoms with Crippen LogP contribution < -0.4 is 27.0 Å². The molecule has 3 rings (SSSR count). The summed E-state index contributed by atoms with van der Waals surface area (Å²) in [7, 11) is 0. The zero-order valence-corrected chi connectivity index (χ0v) is 11.4. The number of benzene rings is 2. The van der Waals surface area contributed by atoms with E-state index in [-0.39, 0.29) is 5.36 Å². The summed E-state index contributed by atoms with van der Waals surface area (Å²) in [5.74, 6) is 0. The van der Waals surface area contributed by atoms with Gasteiger partial charge in [0.1, 0.15) is 0 Å². The van der Waals surface area contributed by atoms with Crippen LogP contribution in [0.25, 0.3) is 10.8 Å². The number of rotatable bonds is 2. The summed E-state index contributed by atoms with van der Waals surface area (Å²) in [4.78, 5) is 35.8. The highest BCUT2D eigenvalue weighted by molar-refractivity contribution is 5.89. The minimum absolute atomic E-state index is 0.288. The zero-order valence-electron chi connectivity index (χ0n) is 11.4. The molecule has 0 aliphatic carbocycles. The van der Waals surface area contributed by atoms with E-state index in [0.717, 1.165) is 0 Å². The maximum absolute atomic E-state index is 12.1. The molecule has 2 amide bonds. The van der Waals surface area contributed by atoms with Crippen molar-refractivity contribution < 1.29 is 4.79 Å². The third kappa shape index (κ3) is 2.49. The summed E-state index contributed by atoms with van der Waals surface area (Å²) in [5, 5.41) is 6.51. The number of para-hydroxylation sites is 1. The Morgan fingerprint density at radius 3 is 1.95 bits per heavy atom. The predicted molar refractivity (Wildman–Crippen MR) is 83.0 cm³/mol. The van der Waals surface area contributed by atoms with Crippen LogP contribution in [0, 0.1) is 0 Å². The van der Waals surface area contributed by atoms with Gasteiger partial charge in [-0.1, -0.05) is 42.5 Å². The number of nitrogens with one attached hydrogen (secondary N) is 2. The van der Waals surface area contributed by atoms with Gasteiger partial charge in [-0.05, 0) is 12.1 Å². The van der Waals surface area contributed by atoms with E-state index >= 15 is 0 Å². The van der Waals surface area contributed by atoms with Crippen LogP contribution in [0.5, 0.6) is 0 Å². The van der Waals surface area contributed by atoms with Crippen molar-refractivity contribution in [1.29, 1.82) is 0 Å². The molecule has 0 atom stereocenters. The molecule has 0 saturated heterocycles. The van der Waals surface area contributed by atoms with Crippen LogP contribution in [0.15, 0.2) is 69.3 Å². The molecule has 22 heavy (non-hydrogen) atoms. The molecule has 0 spiro atoms. The van der Waals surface area contributed by atoms with Gasteiger partial charge in [0.25, 0.3) is 0 Å². The minimum Gasteiger partial charge on any atom is -0.307 e. The van der Waals surface area contributed by atoms with Crippen molar-refractivity contribution in [3.05, 3.63) is 80.4 Å². The molecule has 0 aromatic heterocycles. The van der Waals surface area contributed by atoms with E-state index in [1.165, 1.54) is 0 Å². The summed E-state index contributed by atoms with van der Waals surface area (Å²) >= 11 is 0. The molecule has 2 N–H and O–H groups in total. The van der Waals surface area contributed by atoms with Gasteiger partial charge in [-0.25, -0.2) is 10.2 Å². The molecule has 0 aliphatic heterocycles. The summed E-state index contributed by atoms with van der Waals surface area (Å²) < 4.78 is 0. The quantitative estimate of drug-likeness (QED) is 0.693. The monoisotopic (exact) mass is 293 g/mol. The average Bonchev–Trinajstić information content (AvgIpc) is 2.78. The van der Waals surface area contributed by atoms with E-state index in [4.69, 9.17) is 0 Å². The first kappa shape index (κ1) is 13.7. The normalized spacial score (nSPS) is 10.4. The fourth-order valence-corrected chi connectivity index (χ4v) is 2.13. The van der Waals surface area contributed by atoms with Gasteiger partial charge >= 0.3 is 6.03 Å². The van der Waals surface area contributed by atoms with Gasteiger partial charge in [0, 0.05) is 16.5 Å². The van der Waals surface area contributed by atoms with Crippen LogP contribution in [0.2, 0.25) is 0 Å². The van der Waals surface area contributed by atoms with Gasteiger partial charge in [0.2, 0.25) is 10.9 Å². The van der Waals surface area contributed by atoms with Crippen LogP contribution in [0.1, 0.15) is 0 Å². The first-order valence-corrected chi connectivity index (χ1v) is 6.55. The van der Waals surface area contributed by atoms with E-state index in [1.54, 1.807) is 48.5 Å². The Morgan fingerprint density at radius 2 is 1.36 bits per heavy atom. The van der Waals surface area contributed by atoms with Crippen molar-refractivity contribution in [1.82, 2.24) is 5.43 Å². The number of fused-ring (bicyclic) bond motifs is 1. The number of amides is 2. The molecule has 108 valence electrons. The van der Waals surface area contributed by atoms with Crippen molar-refractivity contribution in [2.45, 2.75) is 0 Å². The SMILES string of the molecule is O=C(NN=c1c(=O)c2ccccc2c1=O)Nc1ccccc1. The Kier molecular flexibility index (Phi) is 3.49. The first-order valence-electron chi connectivity index (χ1n) is 6.55. The van der Waals surface area contributed by atoms with Crippen LogP contribution in [-0.4, -0.2) is 6.03 Å². The van der Waals surface area contributed by atoms with Crippen LogP contribution >= 0.6 is 0 Å². The lowest BCUT2D eigenvalue weighted by atomic mass is 10.2. The van der Waals surface area contributed by atoms with E-state index in [1.807, 2.05) is 6.07 Å². The van der Waals surface area contributed by atoms with Crippen molar-refractivity contribution in [3.8, 4) is 0 Å². The summed E-state index contributed by atoms with van der Waals surface area (Å²) in [5.41, 5.74) is 1.77. The van der Waals surface area contributed by atoms with Gasteiger partial charge in [0.15, 0.2) is 5.36 Å². The second-order valence-corrected chi connectivity index (χ2v) is 4.60. The molecule has 3 aromatic rings. The molecule has 0 bridgehead atoms. The maximum Gasteiger partial charge on any atom is 0.339 e. The number of urea groups is 1. The maximum atomic E-state index is 12.1. The van der Waals surface area contributed by atoms with Crippen molar-refractivity contribution in [3.63, 3.8) is 0 Å². The van der Waals surface area contributed by atoms with Crippen molar-refractivity contribution >= 4 is 22.5 Å². The number of hydrogen-bond acceptors (Lipinski definition) is 4. The summed E-state index contributed by atoms with van der Waals surface area (Å²) in [6, 6.07) is 14.6. The summed E-state index contributed by atoms with van der Waals surface area (Å²) in [6.45, 7) is 0. The van der Waals surface area contributed by atoms with Crippen LogP contribution in [-0.2, 0) is 0 Å². The first-order chi connectivity index (χ1) is 10.7. The van der Waals surface area contributed by atoms with Gasteiger partial charge in [-0.15, -0.1) is 0 Å². The number of nitrogens with zero attached hydrogens (tertiary/aromatic N) is 1. The molecule has 6 nitrogen and oxygen atoms in total. The average molecular weight is 293 g/mol. The lowest BCUT2D eigenvalue weighted by Gasteiger charge is -2.02. The Bertz CT molecular complexity index is 937. The number of hydrogen-bond donors (Lipinski definition) is 2. The Hall–Kier alpha value is -3.28.